The molecule has 20 heavy (non-hydrogen) atoms. The molecular formula is C14H21N5S. The van der Waals surface area contributed by atoms with Crippen LogP contribution in [0.2, 0.25) is 0 Å². The Balaban J connectivity index is 1.73. The maximum absolute atomic E-state index is 5.58. The first kappa shape index (κ1) is 13.7. The number of anilines is 1. The first-order chi connectivity index (χ1) is 9.79. The second-order valence-corrected chi connectivity index (χ2v) is 6.14. The molecule has 3 rings (SSSR count). The normalized spacial score (nSPS) is 17.0. The zero-order chi connectivity index (χ0) is 13.9. The SMILES string of the molecule is Cc1csc2c(N3CCN(CCCN)CC3)ncnc12. The first-order valence-corrected chi connectivity index (χ1v) is 8.03. The lowest BCUT2D eigenvalue weighted by atomic mass is 10.2. The number of hydrogen-bond acceptors (Lipinski definition) is 6. The van der Waals surface area contributed by atoms with E-state index in [4.69, 9.17) is 5.73 Å². The standard InChI is InChI=1S/C14H21N5S/c1-11-9-20-13-12(11)16-10-17-14(13)19-7-5-18(6-8-19)4-2-3-15/h9-10H,2-8,15H2,1H3. The molecule has 1 aliphatic heterocycles. The molecule has 0 aliphatic carbocycles. The van der Waals surface area contributed by atoms with Crippen LogP contribution >= 0.6 is 11.3 Å². The van der Waals surface area contributed by atoms with Crippen LogP contribution in [0.1, 0.15) is 12.0 Å². The van der Waals surface area contributed by atoms with E-state index in [1.165, 1.54) is 10.3 Å². The third-order valence-corrected chi connectivity index (χ3v) is 4.95. The lowest BCUT2D eigenvalue weighted by Crippen LogP contribution is -2.47. The average Bonchev–Trinajstić information content (AvgIpc) is 2.87. The van der Waals surface area contributed by atoms with Gasteiger partial charge in [-0.3, -0.25) is 4.90 Å². The number of nitrogens with zero attached hydrogens (tertiary/aromatic N) is 4. The number of piperazine rings is 1. The Bertz CT molecular complexity index is 574. The zero-order valence-corrected chi connectivity index (χ0v) is 12.7. The van der Waals surface area contributed by atoms with Crippen molar-refractivity contribution in [2.75, 3.05) is 44.2 Å². The highest BCUT2D eigenvalue weighted by molar-refractivity contribution is 7.18. The van der Waals surface area contributed by atoms with Crippen LogP contribution in [-0.4, -0.2) is 54.1 Å². The van der Waals surface area contributed by atoms with Crippen molar-refractivity contribution in [3.05, 3.63) is 17.3 Å². The van der Waals surface area contributed by atoms with Gasteiger partial charge >= 0.3 is 0 Å². The number of aryl methyl sites for hydroxylation is 1. The smallest absolute Gasteiger partial charge is 0.150 e. The second kappa shape index (κ2) is 6.03. The topological polar surface area (TPSA) is 58.3 Å². The van der Waals surface area contributed by atoms with Gasteiger partial charge in [-0.15, -0.1) is 11.3 Å². The maximum Gasteiger partial charge on any atom is 0.150 e. The Labute approximate surface area is 123 Å². The summed E-state index contributed by atoms with van der Waals surface area (Å²) >= 11 is 1.75. The van der Waals surface area contributed by atoms with E-state index in [2.05, 4.69) is 32.1 Å². The molecule has 0 aromatic carbocycles. The van der Waals surface area contributed by atoms with Crippen LogP contribution in [0.4, 0.5) is 5.82 Å². The van der Waals surface area contributed by atoms with Gasteiger partial charge in [0.05, 0.1) is 10.2 Å². The van der Waals surface area contributed by atoms with E-state index in [1.54, 1.807) is 17.7 Å². The maximum atomic E-state index is 5.58. The van der Waals surface area contributed by atoms with Gasteiger partial charge in [0.15, 0.2) is 0 Å². The van der Waals surface area contributed by atoms with Crippen molar-refractivity contribution < 1.29 is 0 Å². The van der Waals surface area contributed by atoms with Crippen molar-refractivity contribution in [2.24, 2.45) is 5.73 Å². The Morgan fingerprint density at radius 1 is 1.25 bits per heavy atom. The number of thiophene rings is 1. The van der Waals surface area contributed by atoms with Gasteiger partial charge in [-0.1, -0.05) is 0 Å². The Hall–Kier alpha value is -1.24. The van der Waals surface area contributed by atoms with E-state index in [0.29, 0.717) is 0 Å². The van der Waals surface area contributed by atoms with Gasteiger partial charge < -0.3 is 10.6 Å². The molecule has 3 heterocycles. The molecule has 0 amide bonds. The summed E-state index contributed by atoms with van der Waals surface area (Å²) in [6, 6.07) is 0. The van der Waals surface area contributed by atoms with Crippen molar-refractivity contribution in [3.63, 3.8) is 0 Å². The predicted octanol–water partition coefficient (Wildman–Crippen LogP) is 1.47. The molecule has 108 valence electrons. The van der Waals surface area contributed by atoms with Crippen molar-refractivity contribution in [1.82, 2.24) is 14.9 Å². The van der Waals surface area contributed by atoms with Crippen LogP contribution in [0.3, 0.4) is 0 Å². The molecule has 1 saturated heterocycles. The minimum Gasteiger partial charge on any atom is -0.353 e. The van der Waals surface area contributed by atoms with Gasteiger partial charge in [0, 0.05) is 26.2 Å². The van der Waals surface area contributed by atoms with Crippen molar-refractivity contribution >= 4 is 27.4 Å². The predicted molar refractivity (Wildman–Crippen MR) is 84.5 cm³/mol. The zero-order valence-electron chi connectivity index (χ0n) is 11.9. The number of aromatic nitrogens is 2. The molecule has 1 aliphatic rings. The van der Waals surface area contributed by atoms with Gasteiger partial charge in [0.25, 0.3) is 0 Å². The van der Waals surface area contributed by atoms with Crippen LogP contribution < -0.4 is 10.6 Å². The molecular weight excluding hydrogens is 270 g/mol. The summed E-state index contributed by atoms with van der Waals surface area (Å²) < 4.78 is 1.22. The fraction of sp³-hybridized carbons (Fsp3) is 0.571. The summed E-state index contributed by atoms with van der Waals surface area (Å²) in [6.45, 7) is 8.26. The van der Waals surface area contributed by atoms with Crippen LogP contribution in [0, 0.1) is 6.92 Å². The van der Waals surface area contributed by atoms with E-state index in [-0.39, 0.29) is 0 Å². The summed E-state index contributed by atoms with van der Waals surface area (Å²) in [4.78, 5) is 13.8. The lowest BCUT2D eigenvalue weighted by molar-refractivity contribution is 0.256. The third-order valence-electron chi connectivity index (χ3n) is 3.86. The highest BCUT2D eigenvalue weighted by Gasteiger charge is 2.20. The highest BCUT2D eigenvalue weighted by atomic mass is 32.1. The fourth-order valence-electron chi connectivity index (χ4n) is 2.68. The number of rotatable bonds is 4. The van der Waals surface area contributed by atoms with E-state index >= 15 is 0 Å². The molecule has 0 spiro atoms. The monoisotopic (exact) mass is 291 g/mol. The largest absolute Gasteiger partial charge is 0.353 e. The van der Waals surface area contributed by atoms with E-state index in [0.717, 1.165) is 57.0 Å². The molecule has 0 saturated carbocycles. The fourth-order valence-corrected chi connectivity index (χ4v) is 3.70. The highest BCUT2D eigenvalue weighted by Crippen LogP contribution is 2.31. The molecule has 6 heteroatoms. The molecule has 2 aromatic rings. The average molecular weight is 291 g/mol. The number of hydrogen-bond donors (Lipinski definition) is 1. The molecule has 5 nitrogen and oxygen atoms in total. The van der Waals surface area contributed by atoms with Gasteiger partial charge in [-0.05, 0) is 37.4 Å². The molecule has 2 aromatic heterocycles. The quantitative estimate of drug-likeness (QED) is 0.924. The number of fused-ring (bicyclic) bond motifs is 1. The molecule has 0 atom stereocenters. The molecule has 0 bridgehead atoms. The summed E-state index contributed by atoms with van der Waals surface area (Å²) in [7, 11) is 0. The van der Waals surface area contributed by atoms with E-state index in [1.807, 2.05) is 0 Å². The molecule has 0 unspecified atom stereocenters. The van der Waals surface area contributed by atoms with Crippen LogP contribution in [0.25, 0.3) is 10.2 Å². The van der Waals surface area contributed by atoms with Gasteiger partial charge in [-0.2, -0.15) is 0 Å². The number of nitrogens with two attached hydrogens (primary N) is 1. The van der Waals surface area contributed by atoms with Crippen molar-refractivity contribution in [1.29, 1.82) is 0 Å². The third kappa shape index (κ3) is 2.63. The van der Waals surface area contributed by atoms with Crippen molar-refractivity contribution in [3.8, 4) is 0 Å². The molecule has 0 radical (unpaired) electrons. The summed E-state index contributed by atoms with van der Waals surface area (Å²) in [5.74, 6) is 1.10. The molecule has 2 N–H and O–H groups in total. The van der Waals surface area contributed by atoms with Gasteiger partial charge in [0.1, 0.15) is 12.1 Å². The van der Waals surface area contributed by atoms with Crippen molar-refractivity contribution in [2.45, 2.75) is 13.3 Å². The Kier molecular flexibility index (Phi) is 4.14. The molecule has 1 fully saturated rings. The minimum absolute atomic E-state index is 0.779. The summed E-state index contributed by atoms with van der Waals surface area (Å²) in [5.41, 5.74) is 7.92. The second-order valence-electron chi connectivity index (χ2n) is 5.26. The summed E-state index contributed by atoms with van der Waals surface area (Å²) in [6.07, 6.45) is 2.78. The van der Waals surface area contributed by atoms with Crippen LogP contribution in [-0.2, 0) is 0 Å². The van der Waals surface area contributed by atoms with Crippen LogP contribution in [0.15, 0.2) is 11.7 Å². The van der Waals surface area contributed by atoms with Gasteiger partial charge in [0.2, 0.25) is 0 Å². The van der Waals surface area contributed by atoms with Crippen LogP contribution in [0.5, 0.6) is 0 Å². The Morgan fingerprint density at radius 2 is 2.05 bits per heavy atom. The Morgan fingerprint density at radius 3 is 2.80 bits per heavy atom. The summed E-state index contributed by atoms with van der Waals surface area (Å²) in [5, 5.41) is 2.17. The lowest BCUT2D eigenvalue weighted by Gasteiger charge is -2.35. The minimum atomic E-state index is 0.779. The van der Waals surface area contributed by atoms with E-state index in [9.17, 15) is 0 Å². The first-order valence-electron chi connectivity index (χ1n) is 7.16. The van der Waals surface area contributed by atoms with E-state index < -0.39 is 0 Å². The van der Waals surface area contributed by atoms with Gasteiger partial charge in [-0.25, -0.2) is 9.97 Å².